The molecule has 6 nitrogen and oxygen atoms in total. The third kappa shape index (κ3) is 5.60. The zero-order valence-corrected chi connectivity index (χ0v) is 23.1. The van der Waals surface area contributed by atoms with E-state index in [1.165, 1.54) is 18.2 Å². The number of fused-ring (bicyclic) bond motifs is 1. The van der Waals surface area contributed by atoms with Crippen LogP contribution in [0.15, 0.2) is 66.1 Å². The molecule has 4 aromatic rings. The number of halogens is 5. The van der Waals surface area contributed by atoms with E-state index in [0.29, 0.717) is 54.7 Å². The van der Waals surface area contributed by atoms with Crippen LogP contribution in [0.25, 0.3) is 11.3 Å². The van der Waals surface area contributed by atoms with Crippen LogP contribution in [0.2, 0.25) is 20.1 Å². The molecule has 0 saturated carbocycles. The Labute approximate surface area is 239 Å². The summed E-state index contributed by atoms with van der Waals surface area (Å²) in [6.07, 6.45) is 0.329. The molecule has 2 N–H and O–H groups in total. The summed E-state index contributed by atoms with van der Waals surface area (Å²) in [6.45, 7) is 0. The number of hydrazine groups is 1. The number of allylic oxidation sites excluding steroid dienone is 1. The summed E-state index contributed by atoms with van der Waals surface area (Å²) < 4.78 is 27.9. The molecule has 1 aliphatic heterocycles. The number of carbonyl (C=O) groups is 1. The van der Waals surface area contributed by atoms with E-state index in [0.717, 1.165) is 5.56 Å². The Bertz CT molecular complexity index is 1620. The number of benzene rings is 3. The van der Waals surface area contributed by atoms with E-state index in [2.05, 4.69) is 16.0 Å². The van der Waals surface area contributed by atoms with Gasteiger partial charge in [-0.1, -0.05) is 58.5 Å². The van der Waals surface area contributed by atoms with Crippen molar-refractivity contribution < 1.29 is 13.4 Å². The van der Waals surface area contributed by atoms with Crippen molar-refractivity contribution in [3.05, 3.63) is 114 Å². The normalized spacial score (nSPS) is 14.6. The Morgan fingerprint density at radius 1 is 0.974 bits per heavy atom. The smallest absolute Gasteiger partial charge is 0.290 e. The Morgan fingerprint density at radius 3 is 2.34 bits per heavy atom. The summed E-state index contributed by atoms with van der Waals surface area (Å²) in [6, 6.07) is 15.7. The molecule has 38 heavy (non-hydrogen) atoms. The van der Waals surface area contributed by atoms with E-state index in [4.69, 9.17) is 46.4 Å². The van der Waals surface area contributed by atoms with Crippen LogP contribution < -0.4 is 10.9 Å². The van der Waals surface area contributed by atoms with Gasteiger partial charge in [0.15, 0.2) is 5.69 Å². The molecule has 0 aliphatic carbocycles. The van der Waals surface area contributed by atoms with Gasteiger partial charge < -0.3 is 0 Å². The first-order chi connectivity index (χ1) is 18.2. The number of hydrogen-bond donors (Lipinski definition) is 2. The van der Waals surface area contributed by atoms with Crippen LogP contribution in [0.4, 0.5) is 10.1 Å². The maximum absolute atomic E-state index is 13.5. The van der Waals surface area contributed by atoms with Gasteiger partial charge >= 0.3 is 0 Å². The number of aromatic nitrogens is 2. The summed E-state index contributed by atoms with van der Waals surface area (Å²) in [5.74, 6) is -0.866. The fourth-order valence-electron chi connectivity index (χ4n) is 4.05. The van der Waals surface area contributed by atoms with Crippen LogP contribution in [-0.2, 0) is 23.0 Å². The summed E-state index contributed by atoms with van der Waals surface area (Å²) >= 11 is 24.8. The standard InChI is InChI=1S/C26H17Cl4FN4O2S/c27-16-3-7-22(20(29)10-16)32-33-26(36)24-19-13-38(37)12-15(9-14-1-5-18(31)6-2-14)25(19)35(34-24)23-8-4-17(28)11-21(23)30/h1-8,10-12,32H,9,13H2,(H,33,36). The summed E-state index contributed by atoms with van der Waals surface area (Å²) in [5.41, 5.74) is 8.84. The van der Waals surface area contributed by atoms with Gasteiger partial charge in [0.2, 0.25) is 0 Å². The second kappa shape index (κ2) is 11.1. The van der Waals surface area contributed by atoms with Crippen molar-refractivity contribution in [2.45, 2.75) is 12.2 Å². The highest BCUT2D eigenvalue weighted by Gasteiger charge is 2.31. The van der Waals surface area contributed by atoms with E-state index in [9.17, 15) is 13.4 Å². The molecule has 0 spiro atoms. The van der Waals surface area contributed by atoms with Crippen LogP contribution in [0, 0.1) is 5.82 Å². The molecule has 12 heteroatoms. The van der Waals surface area contributed by atoms with Crippen molar-refractivity contribution in [1.29, 1.82) is 0 Å². The lowest BCUT2D eigenvalue weighted by atomic mass is 10.00. The van der Waals surface area contributed by atoms with Crippen LogP contribution >= 0.6 is 46.4 Å². The van der Waals surface area contributed by atoms with Gasteiger partial charge in [0.25, 0.3) is 5.91 Å². The number of rotatable bonds is 6. The minimum atomic E-state index is -1.41. The van der Waals surface area contributed by atoms with Gasteiger partial charge in [-0.25, -0.2) is 9.07 Å². The Morgan fingerprint density at radius 2 is 1.66 bits per heavy atom. The lowest BCUT2D eigenvalue weighted by Gasteiger charge is -2.18. The van der Waals surface area contributed by atoms with Gasteiger partial charge in [0.1, 0.15) is 5.82 Å². The molecule has 194 valence electrons. The van der Waals surface area contributed by atoms with Gasteiger partial charge in [0.05, 0.1) is 43.7 Å². The number of nitrogens with zero attached hydrogens (tertiary/aromatic N) is 2. The van der Waals surface area contributed by atoms with Crippen molar-refractivity contribution in [2.75, 3.05) is 5.43 Å². The van der Waals surface area contributed by atoms with E-state index < -0.39 is 16.7 Å². The lowest BCUT2D eigenvalue weighted by Crippen LogP contribution is -2.30. The quantitative estimate of drug-likeness (QED) is 0.226. The molecule has 0 fully saturated rings. The molecule has 1 aliphatic rings. The first-order valence-electron chi connectivity index (χ1n) is 11.1. The van der Waals surface area contributed by atoms with Crippen molar-refractivity contribution >= 4 is 74.4 Å². The average molecular weight is 610 g/mol. The third-order valence-electron chi connectivity index (χ3n) is 5.75. The van der Waals surface area contributed by atoms with Gasteiger partial charge in [-0.05, 0) is 59.7 Å². The first-order valence-corrected chi connectivity index (χ1v) is 14.0. The predicted molar refractivity (Wildman–Crippen MR) is 151 cm³/mol. The van der Waals surface area contributed by atoms with Crippen molar-refractivity contribution in [3.63, 3.8) is 0 Å². The molecule has 1 amide bonds. The topological polar surface area (TPSA) is 76.0 Å². The van der Waals surface area contributed by atoms with Crippen LogP contribution in [-0.4, -0.2) is 19.9 Å². The zero-order valence-electron chi connectivity index (χ0n) is 19.3. The largest absolute Gasteiger partial charge is 0.297 e. The van der Waals surface area contributed by atoms with Gasteiger partial charge in [-0.3, -0.25) is 19.9 Å². The van der Waals surface area contributed by atoms with Crippen LogP contribution in [0.5, 0.6) is 0 Å². The maximum atomic E-state index is 13.5. The second-order valence-corrected chi connectivity index (χ2v) is 11.3. The zero-order chi connectivity index (χ0) is 27.0. The average Bonchev–Trinajstić information content (AvgIpc) is 3.24. The Balaban J connectivity index is 1.57. The Hall–Kier alpha value is -2.88. The predicted octanol–water partition coefficient (Wildman–Crippen LogP) is 7.23. The highest BCUT2D eigenvalue weighted by molar-refractivity contribution is 7.87. The highest BCUT2D eigenvalue weighted by atomic mass is 35.5. The lowest BCUT2D eigenvalue weighted by molar-refractivity contribution is 0.0956. The van der Waals surface area contributed by atoms with Gasteiger partial charge in [0, 0.05) is 27.4 Å². The number of anilines is 1. The van der Waals surface area contributed by atoms with Gasteiger partial charge in [-0.2, -0.15) is 5.10 Å². The minimum Gasteiger partial charge on any atom is -0.297 e. The molecule has 5 rings (SSSR count). The van der Waals surface area contributed by atoms with E-state index in [1.54, 1.807) is 52.6 Å². The molecular formula is C26H17Cl4FN4O2S. The highest BCUT2D eigenvalue weighted by Crippen LogP contribution is 2.36. The molecule has 0 saturated heterocycles. The van der Waals surface area contributed by atoms with Crippen LogP contribution in [0.3, 0.4) is 0 Å². The van der Waals surface area contributed by atoms with E-state index in [1.807, 2.05) is 0 Å². The van der Waals surface area contributed by atoms with E-state index >= 15 is 0 Å². The fourth-order valence-corrected chi connectivity index (χ4v) is 6.14. The van der Waals surface area contributed by atoms with E-state index in [-0.39, 0.29) is 17.3 Å². The second-order valence-electron chi connectivity index (χ2n) is 8.36. The number of hydrogen-bond acceptors (Lipinski definition) is 4. The van der Waals surface area contributed by atoms with Crippen molar-refractivity contribution in [2.24, 2.45) is 0 Å². The molecule has 3 aromatic carbocycles. The van der Waals surface area contributed by atoms with Crippen LogP contribution in [0.1, 0.15) is 27.3 Å². The molecule has 2 heterocycles. The SMILES string of the molecule is O=C(NNc1ccc(Cl)cc1Cl)c1nn(-c2ccc(Cl)cc2Cl)c2c1CS(=O)C=C2Cc1ccc(F)cc1. The summed E-state index contributed by atoms with van der Waals surface area (Å²) in [7, 11) is -1.41. The summed E-state index contributed by atoms with van der Waals surface area (Å²) in [4.78, 5) is 13.3. The molecular weight excluding hydrogens is 593 g/mol. The number of carbonyl (C=O) groups excluding carboxylic acids is 1. The Kier molecular flexibility index (Phi) is 7.79. The van der Waals surface area contributed by atoms with Crippen molar-refractivity contribution in [1.82, 2.24) is 15.2 Å². The molecule has 0 bridgehead atoms. The van der Waals surface area contributed by atoms with Crippen molar-refractivity contribution in [3.8, 4) is 5.69 Å². The number of amides is 1. The first kappa shape index (κ1) is 26.7. The third-order valence-corrected chi connectivity index (χ3v) is 7.96. The molecule has 0 radical (unpaired) electrons. The maximum Gasteiger partial charge on any atom is 0.290 e. The fraction of sp³-hybridized carbons (Fsp3) is 0.0769. The number of nitrogens with one attached hydrogen (secondary N) is 2. The monoisotopic (exact) mass is 608 g/mol. The molecule has 1 aromatic heterocycles. The molecule has 1 unspecified atom stereocenters. The van der Waals surface area contributed by atoms with Gasteiger partial charge in [-0.15, -0.1) is 0 Å². The minimum absolute atomic E-state index is 0.0571. The molecule has 1 atom stereocenters. The summed E-state index contributed by atoms with van der Waals surface area (Å²) in [5, 5.41) is 7.72.